The van der Waals surface area contributed by atoms with Gasteiger partial charge in [-0.3, -0.25) is 19.3 Å². The number of Topliss-reactive ketones (excluding diaryl/α,β-unsaturated/α-hetero) is 1. The molecule has 0 saturated carbocycles. The van der Waals surface area contributed by atoms with E-state index in [4.69, 9.17) is 0 Å². The van der Waals surface area contributed by atoms with E-state index in [1.807, 2.05) is 6.92 Å². The van der Waals surface area contributed by atoms with Gasteiger partial charge >= 0.3 is 6.03 Å². The molecule has 0 spiro atoms. The first-order valence-electron chi connectivity index (χ1n) is 9.43. The van der Waals surface area contributed by atoms with Gasteiger partial charge in [-0.25, -0.2) is 4.79 Å². The fourth-order valence-corrected chi connectivity index (χ4v) is 3.59. The Balaban J connectivity index is 1.73. The number of carbonyl (C=O) groups is 4. The van der Waals surface area contributed by atoms with Crippen LogP contribution in [-0.4, -0.2) is 47.2 Å². The number of hydrogen-bond donors (Lipinski definition) is 1. The third kappa shape index (κ3) is 3.72. The summed E-state index contributed by atoms with van der Waals surface area (Å²) in [6.45, 7) is 4.06. The lowest BCUT2D eigenvalue weighted by Crippen LogP contribution is -2.44. The molecule has 7 nitrogen and oxygen atoms in total. The van der Waals surface area contributed by atoms with Crippen molar-refractivity contribution in [3.05, 3.63) is 29.8 Å². The van der Waals surface area contributed by atoms with Crippen LogP contribution in [0.2, 0.25) is 0 Å². The lowest BCUT2D eigenvalue weighted by molar-refractivity contribution is -0.130. The number of urea groups is 1. The van der Waals surface area contributed by atoms with Crippen LogP contribution in [-0.2, 0) is 9.59 Å². The lowest BCUT2D eigenvalue weighted by Gasteiger charge is -2.21. The van der Waals surface area contributed by atoms with Gasteiger partial charge in [0.1, 0.15) is 5.54 Å². The Bertz CT molecular complexity index is 791. The molecule has 1 aromatic carbocycles. The monoisotopic (exact) mass is 371 g/mol. The Morgan fingerprint density at radius 3 is 2.70 bits per heavy atom. The third-order valence-electron chi connectivity index (χ3n) is 5.23. The first kappa shape index (κ1) is 19.1. The van der Waals surface area contributed by atoms with Crippen molar-refractivity contribution in [1.29, 1.82) is 0 Å². The maximum Gasteiger partial charge on any atom is 0.325 e. The van der Waals surface area contributed by atoms with Crippen LogP contribution in [0.1, 0.15) is 56.3 Å². The van der Waals surface area contributed by atoms with Crippen molar-refractivity contribution in [2.24, 2.45) is 0 Å². The molecule has 0 aliphatic carbocycles. The van der Waals surface area contributed by atoms with Crippen LogP contribution in [0.3, 0.4) is 0 Å². The van der Waals surface area contributed by atoms with Crippen molar-refractivity contribution < 1.29 is 19.2 Å². The normalized spacial score (nSPS) is 22.5. The molecule has 0 unspecified atom stereocenters. The summed E-state index contributed by atoms with van der Waals surface area (Å²) in [7, 11) is 0. The largest absolute Gasteiger partial charge is 0.325 e. The maximum absolute atomic E-state index is 12.7. The highest BCUT2D eigenvalue weighted by atomic mass is 16.2. The standard InChI is InChI=1S/C20H25N3O4/c1-3-4-10-20(2)18(26)23(19(27)21-20)13-16(24)14-7-5-8-15(12-14)22-11-6-9-17(22)25/h5,7-8,12H,3-4,6,9-11,13H2,1-2H3,(H,21,27)/t20-/m1/s1. The van der Waals surface area contributed by atoms with E-state index >= 15 is 0 Å². The molecule has 2 heterocycles. The summed E-state index contributed by atoms with van der Waals surface area (Å²) in [5, 5.41) is 2.72. The zero-order valence-electron chi connectivity index (χ0n) is 15.8. The van der Waals surface area contributed by atoms with E-state index in [1.54, 1.807) is 36.1 Å². The number of rotatable bonds is 7. The third-order valence-corrected chi connectivity index (χ3v) is 5.23. The molecule has 0 bridgehead atoms. The number of hydrogen-bond acceptors (Lipinski definition) is 4. The molecular weight excluding hydrogens is 346 g/mol. The molecule has 2 fully saturated rings. The average Bonchev–Trinajstić information content (AvgIpc) is 3.17. The van der Waals surface area contributed by atoms with Crippen LogP contribution >= 0.6 is 0 Å². The van der Waals surface area contributed by atoms with Crippen LogP contribution in [0, 0.1) is 0 Å². The summed E-state index contributed by atoms with van der Waals surface area (Å²) in [5.41, 5.74) is 0.111. The van der Waals surface area contributed by atoms with Gasteiger partial charge in [-0.05, 0) is 31.9 Å². The molecule has 7 heteroatoms. The number of imide groups is 1. The number of unbranched alkanes of at least 4 members (excludes halogenated alkanes) is 1. The highest BCUT2D eigenvalue weighted by Crippen LogP contribution is 2.25. The highest BCUT2D eigenvalue weighted by Gasteiger charge is 2.47. The SMILES string of the molecule is CCCC[C@@]1(C)NC(=O)N(CC(=O)c2cccc(N3CCCC3=O)c2)C1=O. The number of ketones is 1. The van der Waals surface area contributed by atoms with Crippen LogP contribution in [0.5, 0.6) is 0 Å². The number of amides is 4. The molecule has 27 heavy (non-hydrogen) atoms. The second kappa shape index (κ2) is 7.50. The van der Waals surface area contributed by atoms with Crippen molar-refractivity contribution in [3.8, 4) is 0 Å². The van der Waals surface area contributed by atoms with Gasteiger partial charge in [-0.15, -0.1) is 0 Å². The summed E-state index contributed by atoms with van der Waals surface area (Å²) >= 11 is 0. The quantitative estimate of drug-likeness (QED) is 0.589. The number of carbonyl (C=O) groups excluding carboxylic acids is 4. The second-order valence-corrected chi connectivity index (χ2v) is 7.38. The summed E-state index contributed by atoms with van der Waals surface area (Å²) < 4.78 is 0. The molecule has 0 aromatic heterocycles. The van der Waals surface area contributed by atoms with Gasteiger partial charge in [0, 0.05) is 24.2 Å². The topological polar surface area (TPSA) is 86.8 Å². The van der Waals surface area contributed by atoms with Crippen molar-refractivity contribution in [1.82, 2.24) is 10.2 Å². The Kier molecular flexibility index (Phi) is 5.30. The summed E-state index contributed by atoms with van der Waals surface area (Å²) in [5.74, 6) is -0.646. The molecule has 2 aliphatic rings. The van der Waals surface area contributed by atoms with E-state index in [9.17, 15) is 19.2 Å². The summed E-state index contributed by atoms with van der Waals surface area (Å²) in [6.07, 6.45) is 3.59. The Labute approximate surface area is 158 Å². The van der Waals surface area contributed by atoms with E-state index in [1.165, 1.54) is 0 Å². The van der Waals surface area contributed by atoms with Gasteiger partial charge < -0.3 is 10.2 Å². The first-order valence-corrected chi connectivity index (χ1v) is 9.43. The van der Waals surface area contributed by atoms with Crippen LogP contribution in [0.4, 0.5) is 10.5 Å². The maximum atomic E-state index is 12.7. The Hall–Kier alpha value is -2.70. The number of benzene rings is 1. The lowest BCUT2D eigenvalue weighted by atomic mass is 9.95. The van der Waals surface area contributed by atoms with E-state index in [0.29, 0.717) is 30.6 Å². The van der Waals surface area contributed by atoms with Crippen LogP contribution < -0.4 is 10.2 Å². The van der Waals surface area contributed by atoms with Crippen LogP contribution in [0.15, 0.2) is 24.3 Å². The fraction of sp³-hybridized carbons (Fsp3) is 0.500. The van der Waals surface area contributed by atoms with Crippen molar-refractivity contribution in [3.63, 3.8) is 0 Å². The fourth-order valence-electron chi connectivity index (χ4n) is 3.59. The van der Waals surface area contributed by atoms with Gasteiger partial charge in [-0.2, -0.15) is 0 Å². The van der Waals surface area contributed by atoms with Gasteiger partial charge in [-0.1, -0.05) is 31.9 Å². The molecule has 144 valence electrons. The molecule has 3 rings (SSSR count). The minimum atomic E-state index is -0.947. The molecule has 1 N–H and O–H groups in total. The molecule has 4 amide bonds. The van der Waals surface area contributed by atoms with Crippen molar-refractivity contribution in [2.75, 3.05) is 18.0 Å². The highest BCUT2D eigenvalue weighted by molar-refractivity contribution is 6.11. The molecule has 2 saturated heterocycles. The minimum Gasteiger partial charge on any atom is -0.323 e. The molecule has 1 atom stereocenters. The van der Waals surface area contributed by atoms with E-state index in [0.717, 1.165) is 24.2 Å². The predicted molar refractivity (Wildman–Crippen MR) is 101 cm³/mol. The Morgan fingerprint density at radius 1 is 1.26 bits per heavy atom. The summed E-state index contributed by atoms with van der Waals surface area (Å²) in [4.78, 5) is 52.2. The molecular formula is C20H25N3O4. The zero-order valence-corrected chi connectivity index (χ0v) is 15.8. The van der Waals surface area contributed by atoms with Gasteiger partial charge in [0.25, 0.3) is 5.91 Å². The zero-order chi connectivity index (χ0) is 19.6. The first-order chi connectivity index (χ1) is 12.9. The molecule has 0 radical (unpaired) electrons. The number of anilines is 1. The van der Waals surface area contributed by atoms with E-state index in [2.05, 4.69) is 5.32 Å². The minimum absolute atomic E-state index is 0.0420. The van der Waals surface area contributed by atoms with Crippen LogP contribution in [0.25, 0.3) is 0 Å². The van der Waals surface area contributed by atoms with Gasteiger partial charge in [0.05, 0.1) is 6.54 Å². The van der Waals surface area contributed by atoms with Gasteiger partial charge in [0.2, 0.25) is 5.91 Å². The number of nitrogens with one attached hydrogen (secondary N) is 1. The van der Waals surface area contributed by atoms with Crippen molar-refractivity contribution >= 4 is 29.3 Å². The molecule has 2 aliphatic heterocycles. The van der Waals surface area contributed by atoms with E-state index in [-0.39, 0.29) is 24.1 Å². The Morgan fingerprint density at radius 2 is 2.04 bits per heavy atom. The number of nitrogens with zero attached hydrogens (tertiary/aromatic N) is 2. The molecule has 1 aromatic rings. The van der Waals surface area contributed by atoms with Crippen molar-refractivity contribution in [2.45, 2.75) is 51.5 Å². The predicted octanol–water partition coefficient (Wildman–Crippen LogP) is 2.50. The van der Waals surface area contributed by atoms with Gasteiger partial charge in [0.15, 0.2) is 5.78 Å². The van der Waals surface area contributed by atoms with E-state index < -0.39 is 11.6 Å². The summed E-state index contributed by atoms with van der Waals surface area (Å²) in [6, 6.07) is 6.26. The smallest absolute Gasteiger partial charge is 0.323 e. The average molecular weight is 371 g/mol. The second-order valence-electron chi connectivity index (χ2n) is 7.38.